The number of rotatable bonds is 5. The van der Waals surface area contributed by atoms with Gasteiger partial charge in [-0.2, -0.15) is 0 Å². The van der Waals surface area contributed by atoms with Crippen LogP contribution in [0.2, 0.25) is 0 Å². The van der Waals surface area contributed by atoms with Gasteiger partial charge in [0.25, 0.3) is 0 Å². The van der Waals surface area contributed by atoms with Gasteiger partial charge in [-0.15, -0.1) is 24.0 Å². The van der Waals surface area contributed by atoms with Gasteiger partial charge in [-0.05, 0) is 44.0 Å². The molecular formula is C18H27FIN3O3. The van der Waals surface area contributed by atoms with Gasteiger partial charge in [-0.1, -0.05) is 0 Å². The van der Waals surface area contributed by atoms with Crippen LogP contribution in [0.25, 0.3) is 0 Å². The van der Waals surface area contributed by atoms with Gasteiger partial charge < -0.3 is 19.7 Å². The molecule has 1 unspecified atom stereocenters. The number of benzene rings is 1. The summed E-state index contributed by atoms with van der Waals surface area (Å²) in [5.74, 6) is 0.973. The number of carbonyl (C=O) groups is 1. The van der Waals surface area contributed by atoms with E-state index in [1.807, 2.05) is 6.92 Å². The first-order valence-corrected chi connectivity index (χ1v) is 8.49. The number of halogens is 2. The summed E-state index contributed by atoms with van der Waals surface area (Å²) in [5.41, 5.74) is 0. The lowest BCUT2D eigenvalue weighted by molar-refractivity contribution is -0.146. The number of guanidine groups is 1. The minimum absolute atomic E-state index is 0. The molecule has 1 N–H and O–H groups in total. The maximum absolute atomic E-state index is 12.9. The van der Waals surface area contributed by atoms with Gasteiger partial charge in [-0.3, -0.25) is 9.79 Å². The number of nitrogens with zero attached hydrogens (tertiary/aromatic N) is 2. The van der Waals surface area contributed by atoms with E-state index in [0.717, 1.165) is 31.9 Å². The summed E-state index contributed by atoms with van der Waals surface area (Å²) in [7, 11) is 3.16. The molecule has 1 aliphatic heterocycles. The standard InChI is InChI=1S/C18H26FN3O3.HI/c1-13(25-16-6-4-15(19)5-7-16)12-21-18(20-2)22-10-8-14(9-11-22)17(23)24-3;/h4-7,13-14H,8-12H2,1-3H3,(H,20,21);1H. The molecule has 1 aliphatic rings. The van der Waals surface area contributed by atoms with E-state index in [1.165, 1.54) is 19.2 Å². The second-order valence-corrected chi connectivity index (χ2v) is 6.09. The zero-order valence-electron chi connectivity index (χ0n) is 15.4. The molecule has 0 saturated carbocycles. The first-order valence-electron chi connectivity index (χ1n) is 8.49. The van der Waals surface area contributed by atoms with Crippen molar-refractivity contribution in [1.29, 1.82) is 0 Å². The monoisotopic (exact) mass is 479 g/mol. The average molecular weight is 479 g/mol. The molecule has 0 aromatic heterocycles. The van der Waals surface area contributed by atoms with E-state index in [0.29, 0.717) is 12.3 Å². The molecule has 8 heteroatoms. The molecule has 26 heavy (non-hydrogen) atoms. The Hall–Kier alpha value is -1.58. The van der Waals surface area contributed by atoms with Crippen molar-refractivity contribution in [3.63, 3.8) is 0 Å². The van der Waals surface area contributed by atoms with Gasteiger partial charge in [-0.25, -0.2) is 4.39 Å². The fourth-order valence-electron chi connectivity index (χ4n) is 2.85. The largest absolute Gasteiger partial charge is 0.489 e. The van der Waals surface area contributed by atoms with Gasteiger partial charge >= 0.3 is 5.97 Å². The molecule has 0 aliphatic carbocycles. The van der Waals surface area contributed by atoms with Crippen LogP contribution in [0.3, 0.4) is 0 Å². The van der Waals surface area contributed by atoms with Crippen molar-refractivity contribution in [2.24, 2.45) is 10.9 Å². The fourth-order valence-corrected chi connectivity index (χ4v) is 2.85. The molecule has 1 aromatic rings. The Labute approximate surface area is 171 Å². The van der Waals surface area contributed by atoms with Crippen molar-refractivity contribution in [3.05, 3.63) is 30.1 Å². The molecule has 0 bridgehead atoms. The third-order valence-electron chi connectivity index (χ3n) is 4.24. The third kappa shape index (κ3) is 6.62. The number of likely N-dealkylation sites (tertiary alicyclic amines) is 1. The Kier molecular flexibility index (Phi) is 9.68. The smallest absolute Gasteiger partial charge is 0.308 e. The van der Waals surface area contributed by atoms with Crippen molar-refractivity contribution >= 4 is 35.9 Å². The van der Waals surface area contributed by atoms with E-state index in [1.54, 1.807) is 19.2 Å². The van der Waals surface area contributed by atoms with Crippen LogP contribution in [-0.4, -0.2) is 56.7 Å². The van der Waals surface area contributed by atoms with E-state index in [4.69, 9.17) is 9.47 Å². The van der Waals surface area contributed by atoms with Crippen molar-refractivity contribution in [3.8, 4) is 5.75 Å². The summed E-state index contributed by atoms with van der Waals surface area (Å²) in [6.45, 7) is 4.02. The van der Waals surface area contributed by atoms with Crippen LogP contribution < -0.4 is 10.1 Å². The summed E-state index contributed by atoms with van der Waals surface area (Å²) in [6.07, 6.45) is 1.42. The third-order valence-corrected chi connectivity index (χ3v) is 4.24. The highest BCUT2D eigenvalue weighted by atomic mass is 127. The van der Waals surface area contributed by atoms with Gasteiger partial charge in [0.1, 0.15) is 17.7 Å². The Morgan fingerprint density at radius 1 is 1.35 bits per heavy atom. The number of hydrogen-bond donors (Lipinski definition) is 1. The lowest BCUT2D eigenvalue weighted by Crippen LogP contribution is -2.48. The maximum atomic E-state index is 12.9. The average Bonchev–Trinajstić information content (AvgIpc) is 2.64. The highest BCUT2D eigenvalue weighted by Crippen LogP contribution is 2.18. The normalized spacial score (nSPS) is 16.5. The first kappa shape index (κ1) is 22.5. The Morgan fingerprint density at radius 2 is 1.96 bits per heavy atom. The molecule has 1 heterocycles. The number of hydrogen-bond acceptors (Lipinski definition) is 4. The second kappa shape index (κ2) is 11.2. The Morgan fingerprint density at radius 3 is 2.50 bits per heavy atom. The predicted molar refractivity (Wildman–Crippen MR) is 110 cm³/mol. The maximum Gasteiger partial charge on any atom is 0.308 e. The topological polar surface area (TPSA) is 63.2 Å². The van der Waals surface area contributed by atoms with Crippen LogP contribution in [0.5, 0.6) is 5.75 Å². The fraction of sp³-hybridized carbons (Fsp3) is 0.556. The molecule has 2 rings (SSSR count). The van der Waals surface area contributed by atoms with Crippen LogP contribution in [0.1, 0.15) is 19.8 Å². The number of esters is 1. The zero-order chi connectivity index (χ0) is 18.2. The summed E-state index contributed by atoms with van der Waals surface area (Å²) >= 11 is 0. The highest BCUT2D eigenvalue weighted by Gasteiger charge is 2.27. The summed E-state index contributed by atoms with van der Waals surface area (Å²) in [5, 5.41) is 3.29. The van der Waals surface area contributed by atoms with E-state index >= 15 is 0 Å². The molecule has 1 atom stereocenters. The zero-order valence-corrected chi connectivity index (χ0v) is 17.7. The molecule has 0 radical (unpaired) electrons. The lowest BCUT2D eigenvalue weighted by atomic mass is 9.97. The molecule has 6 nitrogen and oxygen atoms in total. The second-order valence-electron chi connectivity index (χ2n) is 6.09. The van der Waals surface area contributed by atoms with E-state index in [-0.39, 0.29) is 47.8 Å². The predicted octanol–water partition coefficient (Wildman–Crippen LogP) is 2.67. The lowest BCUT2D eigenvalue weighted by Gasteiger charge is -2.33. The van der Waals surface area contributed by atoms with Crippen LogP contribution in [0.4, 0.5) is 4.39 Å². The van der Waals surface area contributed by atoms with Gasteiger partial charge in [0, 0.05) is 20.1 Å². The number of carbonyl (C=O) groups excluding carboxylic acids is 1. The van der Waals surface area contributed by atoms with Gasteiger partial charge in [0.2, 0.25) is 0 Å². The van der Waals surface area contributed by atoms with Crippen molar-refractivity contribution in [2.75, 3.05) is 33.8 Å². The summed E-state index contributed by atoms with van der Waals surface area (Å²) < 4.78 is 23.5. The molecule has 146 valence electrons. The van der Waals surface area contributed by atoms with Crippen LogP contribution in [-0.2, 0) is 9.53 Å². The van der Waals surface area contributed by atoms with E-state index < -0.39 is 0 Å². The quantitative estimate of drug-likeness (QED) is 0.305. The molecule has 1 fully saturated rings. The number of nitrogens with one attached hydrogen (secondary N) is 1. The Bertz CT molecular complexity index is 590. The van der Waals surface area contributed by atoms with Gasteiger partial charge in [0.05, 0.1) is 19.6 Å². The van der Waals surface area contributed by atoms with Crippen LogP contribution >= 0.6 is 24.0 Å². The van der Waals surface area contributed by atoms with Crippen molar-refractivity contribution in [2.45, 2.75) is 25.9 Å². The minimum Gasteiger partial charge on any atom is -0.489 e. The molecule has 0 amide bonds. The molecule has 1 aromatic carbocycles. The van der Waals surface area contributed by atoms with E-state index in [2.05, 4.69) is 15.2 Å². The highest BCUT2D eigenvalue weighted by molar-refractivity contribution is 14.0. The number of ether oxygens (including phenoxy) is 2. The minimum atomic E-state index is -0.283. The van der Waals surface area contributed by atoms with E-state index in [9.17, 15) is 9.18 Å². The van der Waals surface area contributed by atoms with Gasteiger partial charge in [0.15, 0.2) is 5.96 Å². The van der Waals surface area contributed by atoms with Crippen LogP contribution in [0.15, 0.2) is 29.3 Å². The summed E-state index contributed by atoms with van der Waals surface area (Å²) in [4.78, 5) is 18.0. The molecule has 1 saturated heterocycles. The molecule has 0 spiro atoms. The Balaban J connectivity index is 0.00000338. The first-order chi connectivity index (χ1) is 12.0. The van der Waals surface area contributed by atoms with Crippen LogP contribution in [0, 0.1) is 11.7 Å². The number of piperidine rings is 1. The van der Waals surface area contributed by atoms with Crippen molar-refractivity contribution in [1.82, 2.24) is 10.2 Å². The van der Waals surface area contributed by atoms with Crippen molar-refractivity contribution < 1.29 is 18.7 Å². The number of methoxy groups -OCH3 is 1. The number of aliphatic imine (C=N–C) groups is 1. The molecular weight excluding hydrogens is 452 g/mol. The summed E-state index contributed by atoms with van der Waals surface area (Å²) in [6, 6.07) is 5.97. The SMILES string of the molecule is CN=C(NCC(C)Oc1ccc(F)cc1)N1CCC(C(=O)OC)CC1.I.